The molecule has 8 heteroatoms. The number of hydrogen-bond acceptors (Lipinski definition) is 2. The zero-order chi connectivity index (χ0) is 22.3. The molecule has 0 radical (unpaired) electrons. The summed E-state index contributed by atoms with van der Waals surface area (Å²) in [5, 5.41) is 0. The van der Waals surface area contributed by atoms with Gasteiger partial charge >= 0.3 is 6.18 Å². The summed E-state index contributed by atoms with van der Waals surface area (Å²) in [6, 6.07) is 12.1. The Hall–Kier alpha value is -3.16. The number of benzene rings is 2. The Labute approximate surface area is 172 Å². The van der Waals surface area contributed by atoms with Crippen molar-refractivity contribution in [2.45, 2.75) is 26.1 Å². The molecule has 2 aromatic rings. The van der Waals surface area contributed by atoms with E-state index in [1.807, 2.05) is 30.3 Å². The minimum Gasteiger partial charge on any atom is -0.342 e. The van der Waals surface area contributed by atoms with E-state index in [1.54, 1.807) is 7.05 Å². The highest BCUT2D eigenvalue weighted by Gasteiger charge is 2.35. The van der Waals surface area contributed by atoms with Crippen molar-refractivity contribution in [3.05, 3.63) is 82.8 Å². The maximum absolute atomic E-state index is 14.1. The highest BCUT2D eigenvalue weighted by atomic mass is 19.4. The molecule has 2 aromatic carbocycles. The first kappa shape index (κ1) is 23.1. The topological polar surface area (TPSA) is 40.6 Å². The fraction of sp³-hybridized carbons (Fsp3) is 0.273. The first-order valence-electron chi connectivity index (χ1n) is 9.17. The van der Waals surface area contributed by atoms with Crippen LogP contribution in [0.2, 0.25) is 0 Å². The third kappa shape index (κ3) is 6.17. The summed E-state index contributed by atoms with van der Waals surface area (Å²) in [5.74, 6) is -1.49. The van der Waals surface area contributed by atoms with Gasteiger partial charge in [0.05, 0.1) is 12.1 Å². The predicted octanol–water partition coefficient (Wildman–Crippen LogP) is 4.41. The quantitative estimate of drug-likeness (QED) is 0.359. The second-order valence-corrected chi connectivity index (χ2v) is 6.78. The maximum atomic E-state index is 14.1. The molecule has 0 spiro atoms. The number of hydrogen-bond donors (Lipinski definition) is 0. The zero-order valence-electron chi connectivity index (χ0n) is 16.6. The molecule has 30 heavy (non-hydrogen) atoms. The molecule has 0 N–H and O–H groups in total. The van der Waals surface area contributed by atoms with Crippen molar-refractivity contribution >= 4 is 12.3 Å². The van der Waals surface area contributed by atoms with Gasteiger partial charge in [-0.25, -0.2) is 4.39 Å². The molecule has 0 fully saturated rings. The Bertz CT molecular complexity index is 911. The lowest BCUT2D eigenvalue weighted by Crippen LogP contribution is -2.29. The second kappa shape index (κ2) is 10.0. The van der Waals surface area contributed by atoms with Crippen LogP contribution < -0.4 is 0 Å². The number of alkyl halides is 3. The Morgan fingerprint density at radius 2 is 1.73 bits per heavy atom. The summed E-state index contributed by atoms with van der Waals surface area (Å²) in [4.78, 5) is 26.1. The molecule has 0 heterocycles. The average molecular weight is 422 g/mol. The van der Waals surface area contributed by atoms with Gasteiger partial charge < -0.3 is 9.80 Å². The van der Waals surface area contributed by atoms with Crippen molar-refractivity contribution in [2.24, 2.45) is 0 Å². The molecule has 0 aliphatic carbocycles. The maximum Gasteiger partial charge on any atom is 0.416 e. The van der Waals surface area contributed by atoms with E-state index in [4.69, 9.17) is 0 Å². The van der Waals surface area contributed by atoms with Gasteiger partial charge in [0.2, 0.25) is 12.3 Å². The largest absolute Gasteiger partial charge is 0.416 e. The summed E-state index contributed by atoms with van der Waals surface area (Å²) >= 11 is 0. The van der Waals surface area contributed by atoms with E-state index >= 15 is 0 Å². The van der Waals surface area contributed by atoms with Gasteiger partial charge in [-0.3, -0.25) is 9.59 Å². The Balaban J connectivity index is 2.12. The van der Waals surface area contributed by atoms with Crippen molar-refractivity contribution in [3.63, 3.8) is 0 Å². The SMILES string of the molecule is C/C(=C/C(=O)N(C)CCc1ccccc1)N(C=O)Cc1c(F)cccc1C(F)(F)F. The molecule has 160 valence electrons. The molecule has 0 saturated carbocycles. The van der Waals surface area contributed by atoms with Crippen LogP contribution in [0.15, 0.2) is 60.3 Å². The third-order valence-electron chi connectivity index (χ3n) is 4.62. The summed E-state index contributed by atoms with van der Waals surface area (Å²) < 4.78 is 53.6. The minimum absolute atomic E-state index is 0.109. The summed E-state index contributed by atoms with van der Waals surface area (Å²) in [6.45, 7) is 1.18. The first-order valence-corrected chi connectivity index (χ1v) is 9.17. The smallest absolute Gasteiger partial charge is 0.342 e. The van der Waals surface area contributed by atoms with Crippen LogP contribution >= 0.6 is 0 Å². The molecule has 0 aliphatic rings. The van der Waals surface area contributed by atoms with E-state index in [0.717, 1.165) is 34.7 Å². The number of halogens is 4. The zero-order valence-corrected chi connectivity index (χ0v) is 16.6. The fourth-order valence-corrected chi connectivity index (χ4v) is 2.82. The molecule has 0 atom stereocenters. The van der Waals surface area contributed by atoms with E-state index in [9.17, 15) is 27.2 Å². The Kier molecular flexibility index (Phi) is 7.74. The van der Waals surface area contributed by atoms with Crippen molar-refractivity contribution in [3.8, 4) is 0 Å². The lowest BCUT2D eigenvalue weighted by molar-refractivity contribution is -0.139. The third-order valence-corrected chi connectivity index (χ3v) is 4.62. The van der Waals surface area contributed by atoms with Crippen LogP contribution in [-0.4, -0.2) is 35.7 Å². The lowest BCUT2D eigenvalue weighted by atomic mass is 10.1. The number of carbonyl (C=O) groups excluding carboxylic acids is 2. The highest BCUT2D eigenvalue weighted by molar-refractivity contribution is 5.88. The number of amides is 2. The van der Waals surface area contributed by atoms with Gasteiger partial charge in [-0.05, 0) is 31.0 Å². The Morgan fingerprint density at radius 3 is 2.33 bits per heavy atom. The van der Waals surface area contributed by atoms with Crippen molar-refractivity contribution in [1.82, 2.24) is 9.80 Å². The monoisotopic (exact) mass is 422 g/mol. The van der Waals surface area contributed by atoms with Crippen LogP contribution in [0.3, 0.4) is 0 Å². The normalized spacial score (nSPS) is 11.9. The van der Waals surface area contributed by atoms with Gasteiger partial charge in [-0.1, -0.05) is 36.4 Å². The van der Waals surface area contributed by atoms with E-state index in [0.29, 0.717) is 13.0 Å². The molecule has 4 nitrogen and oxygen atoms in total. The molecular weight excluding hydrogens is 400 g/mol. The van der Waals surface area contributed by atoms with E-state index in [2.05, 4.69) is 0 Å². The molecule has 0 unspecified atom stereocenters. The predicted molar refractivity (Wildman–Crippen MR) is 105 cm³/mol. The number of allylic oxidation sites excluding steroid dienone is 1. The number of carbonyl (C=O) groups is 2. The molecule has 0 aliphatic heterocycles. The van der Waals surface area contributed by atoms with Crippen molar-refractivity contribution in [1.29, 1.82) is 0 Å². The molecule has 0 saturated heterocycles. The van der Waals surface area contributed by atoms with Crippen LogP contribution in [0.25, 0.3) is 0 Å². The van der Waals surface area contributed by atoms with Gasteiger partial charge in [0, 0.05) is 30.9 Å². The van der Waals surface area contributed by atoms with Gasteiger partial charge in [0.15, 0.2) is 0 Å². The van der Waals surface area contributed by atoms with Gasteiger partial charge in [0.1, 0.15) is 5.82 Å². The van der Waals surface area contributed by atoms with Crippen LogP contribution in [0.1, 0.15) is 23.6 Å². The first-order chi connectivity index (χ1) is 14.1. The van der Waals surface area contributed by atoms with Gasteiger partial charge in [-0.2, -0.15) is 13.2 Å². The van der Waals surface area contributed by atoms with Crippen LogP contribution in [0.4, 0.5) is 17.6 Å². The number of nitrogens with zero attached hydrogens (tertiary/aromatic N) is 2. The standard InChI is InChI=1S/C22H22F4N2O2/c1-16(13-21(30)27(2)12-11-17-7-4-3-5-8-17)28(15-29)14-18-19(22(24,25)26)9-6-10-20(18)23/h3-10,13,15H,11-12,14H2,1-2H3/b16-13-. The van der Waals surface area contributed by atoms with E-state index in [-0.39, 0.29) is 12.1 Å². The van der Waals surface area contributed by atoms with Crippen LogP contribution in [-0.2, 0) is 28.7 Å². The van der Waals surface area contributed by atoms with E-state index < -0.39 is 35.6 Å². The van der Waals surface area contributed by atoms with Gasteiger partial charge in [-0.15, -0.1) is 0 Å². The molecule has 2 amide bonds. The number of rotatable bonds is 8. The van der Waals surface area contributed by atoms with E-state index in [1.165, 1.54) is 11.8 Å². The molecule has 0 bridgehead atoms. The van der Waals surface area contributed by atoms with Gasteiger partial charge in [0.25, 0.3) is 0 Å². The summed E-state index contributed by atoms with van der Waals surface area (Å²) in [6.07, 6.45) is -2.72. The van der Waals surface area contributed by atoms with Crippen molar-refractivity contribution < 1.29 is 27.2 Å². The lowest BCUT2D eigenvalue weighted by Gasteiger charge is -2.22. The second-order valence-electron chi connectivity index (χ2n) is 6.78. The summed E-state index contributed by atoms with van der Waals surface area (Å²) in [5.41, 5.74) is -0.660. The number of likely N-dealkylation sites (N-methyl/N-ethyl adjacent to an activating group) is 1. The average Bonchev–Trinajstić information content (AvgIpc) is 2.70. The fourth-order valence-electron chi connectivity index (χ4n) is 2.82. The minimum atomic E-state index is -4.77. The summed E-state index contributed by atoms with van der Waals surface area (Å²) in [7, 11) is 1.58. The molecule has 0 aromatic heterocycles. The Morgan fingerprint density at radius 1 is 1.07 bits per heavy atom. The molecule has 2 rings (SSSR count). The van der Waals surface area contributed by atoms with Crippen LogP contribution in [0, 0.1) is 5.82 Å². The van der Waals surface area contributed by atoms with Crippen molar-refractivity contribution in [2.75, 3.05) is 13.6 Å². The highest BCUT2D eigenvalue weighted by Crippen LogP contribution is 2.33. The molecular formula is C22H22F4N2O2. The van der Waals surface area contributed by atoms with Crippen LogP contribution in [0.5, 0.6) is 0 Å².